The normalized spacial score (nSPS) is 24.4. The number of methoxy groups -OCH3 is 1. The van der Waals surface area contributed by atoms with Crippen molar-refractivity contribution in [3.63, 3.8) is 0 Å². The average molecular weight is 386 g/mol. The third-order valence-corrected chi connectivity index (χ3v) is 3.77. The lowest BCUT2D eigenvalue weighted by molar-refractivity contribution is -0.215. The number of hydrogen-bond acceptors (Lipinski definition) is 3. The molecule has 0 saturated carbocycles. The van der Waals surface area contributed by atoms with Crippen LogP contribution in [0, 0.1) is 0 Å². The average Bonchev–Trinajstić information content (AvgIpc) is 2.90. The van der Waals surface area contributed by atoms with Crippen molar-refractivity contribution >= 4 is 0 Å². The molecule has 0 aromatic carbocycles. The quantitative estimate of drug-likeness (QED) is 0.806. The SMILES string of the molecule is CO[C@H](CCn1nc(C(F)(F)F)c2c1[C@@H](F)C(F)(F)[C@H]2O)C(F)(F)F. The molecule has 0 aliphatic heterocycles. The second-order valence-corrected chi connectivity index (χ2v) is 5.36. The summed E-state index contributed by atoms with van der Waals surface area (Å²) in [6.07, 6.45) is -20.0. The van der Waals surface area contributed by atoms with Crippen molar-refractivity contribution in [1.29, 1.82) is 0 Å². The standard InChI is InChI=1S/C12H11F9N2O2/c1-25-4(11(16,17)18)2-3-23-6-5(8(22-23)12(19,20)21)9(24)10(14,15)7(6)13/h4,7,9,24H,2-3H2,1H3/t4-,7-,9+/m1/s1. The number of fused-ring (bicyclic) bond motifs is 1. The van der Waals surface area contributed by atoms with Crippen LogP contribution in [0.1, 0.15) is 35.6 Å². The number of aliphatic hydroxyl groups excluding tert-OH is 1. The molecular formula is C12H11F9N2O2. The Labute approximate surface area is 134 Å². The number of nitrogens with zero attached hydrogens (tertiary/aromatic N) is 2. The van der Waals surface area contributed by atoms with Crippen LogP contribution in [0.4, 0.5) is 39.5 Å². The van der Waals surface area contributed by atoms with Crippen LogP contribution in [0.3, 0.4) is 0 Å². The van der Waals surface area contributed by atoms with Gasteiger partial charge in [0.2, 0.25) is 6.17 Å². The van der Waals surface area contributed by atoms with E-state index in [4.69, 9.17) is 0 Å². The third kappa shape index (κ3) is 3.30. The highest BCUT2D eigenvalue weighted by atomic mass is 19.4. The Balaban J connectivity index is 2.44. The first-order valence-corrected chi connectivity index (χ1v) is 6.70. The Kier molecular flexibility index (Phi) is 4.79. The van der Waals surface area contributed by atoms with E-state index in [1.54, 1.807) is 0 Å². The van der Waals surface area contributed by atoms with Gasteiger partial charge in [0.1, 0.15) is 6.10 Å². The molecule has 1 aromatic rings. The molecule has 25 heavy (non-hydrogen) atoms. The van der Waals surface area contributed by atoms with Crippen molar-refractivity contribution in [2.45, 2.75) is 49.6 Å². The van der Waals surface area contributed by atoms with Gasteiger partial charge in [-0.05, 0) is 0 Å². The van der Waals surface area contributed by atoms with Crippen LogP contribution in [-0.2, 0) is 17.5 Å². The second-order valence-electron chi connectivity index (χ2n) is 5.36. The van der Waals surface area contributed by atoms with Gasteiger partial charge in [-0.15, -0.1) is 0 Å². The maximum atomic E-state index is 13.9. The van der Waals surface area contributed by atoms with Crippen molar-refractivity contribution in [3.8, 4) is 0 Å². The van der Waals surface area contributed by atoms with E-state index in [0.717, 1.165) is 0 Å². The summed E-state index contributed by atoms with van der Waals surface area (Å²) in [5.74, 6) is -4.56. The van der Waals surface area contributed by atoms with Crippen molar-refractivity contribution in [1.82, 2.24) is 9.78 Å². The van der Waals surface area contributed by atoms with Gasteiger partial charge in [-0.2, -0.15) is 40.2 Å². The first-order chi connectivity index (χ1) is 11.2. The van der Waals surface area contributed by atoms with Crippen LogP contribution in [0.2, 0.25) is 0 Å². The van der Waals surface area contributed by atoms with Gasteiger partial charge in [0.25, 0.3) is 0 Å². The summed E-state index contributed by atoms with van der Waals surface area (Å²) in [5.41, 5.74) is -4.72. The zero-order chi connectivity index (χ0) is 19.4. The van der Waals surface area contributed by atoms with E-state index in [1.165, 1.54) is 0 Å². The lowest BCUT2D eigenvalue weighted by Gasteiger charge is -2.20. The molecule has 0 unspecified atom stereocenters. The molecule has 1 aromatic heterocycles. The Morgan fingerprint density at radius 2 is 1.80 bits per heavy atom. The maximum absolute atomic E-state index is 13.9. The summed E-state index contributed by atoms with van der Waals surface area (Å²) in [7, 11) is 0.697. The van der Waals surface area contributed by atoms with Crippen LogP contribution in [0.15, 0.2) is 0 Å². The van der Waals surface area contributed by atoms with Gasteiger partial charge in [0.05, 0.1) is 5.69 Å². The second kappa shape index (κ2) is 6.04. The Bertz CT molecular complexity index is 638. The smallest absolute Gasteiger partial charge is 0.382 e. The third-order valence-electron chi connectivity index (χ3n) is 3.77. The highest BCUT2D eigenvalue weighted by molar-refractivity contribution is 5.40. The van der Waals surface area contributed by atoms with Gasteiger partial charge >= 0.3 is 18.3 Å². The maximum Gasteiger partial charge on any atom is 0.435 e. The molecule has 1 aliphatic carbocycles. The molecular weight excluding hydrogens is 375 g/mol. The minimum Gasteiger partial charge on any atom is -0.382 e. The minimum atomic E-state index is -5.30. The van der Waals surface area contributed by atoms with Crippen LogP contribution < -0.4 is 0 Å². The number of rotatable bonds is 4. The highest BCUT2D eigenvalue weighted by Crippen LogP contribution is 2.55. The van der Waals surface area contributed by atoms with Crippen molar-refractivity contribution in [3.05, 3.63) is 17.0 Å². The van der Waals surface area contributed by atoms with Gasteiger partial charge in [-0.25, -0.2) is 4.39 Å². The number of aromatic nitrogens is 2. The Morgan fingerprint density at radius 3 is 2.24 bits per heavy atom. The van der Waals surface area contributed by atoms with Crippen LogP contribution in [0.5, 0.6) is 0 Å². The molecule has 0 fully saturated rings. The summed E-state index contributed by atoms with van der Waals surface area (Å²) >= 11 is 0. The first kappa shape index (κ1) is 19.8. The predicted molar refractivity (Wildman–Crippen MR) is 62.5 cm³/mol. The Morgan fingerprint density at radius 1 is 1.24 bits per heavy atom. The molecule has 3 atom stereocenters. The molecule has 1 N–H and O–H groups in total. The number of halogens is 9. The molecule has 0 bridgehead atoms. The van der Waals surface area contributed by atoms with E-state index in [9.17, 15) is 44.6 Å². The molecule has 0 radical (unpaired) electrons. The molecule has 2 rings (SSSR count). The van der Waals surface area contributed by atoms with E-state index in [1.807, 2.05) is 0 Å². The summed E-state index contributed by atoms with van der Waals surface area (Å²) in [5, 5.41) is 12.2. The number of ether oxygens (including phenoxy) is 1. The minimum absolute atomic E-state index is 0.0741. The number of aliphatic hydroxyl groups is 1. The largest absolute Gasteiger partial charge is 0.435 e. The van der Waals surface area contributed by atoms with E-state index in [0.29, 0.717) is 7.11 Å². The molecule has 144 valence electrons. The molecule has 13 heteroatoms. The first-order valence-electron chi connectivity index (χ1n) is 6.70. The number of aryl methyl sites for hydroxylation is 1. The summed E-state index contributed by atoms with van der Waals surface area (Å²) < 4.78 is 122. The molecule has 0 spiro atoms. The zero-order valence-electron chi connectivity index (χ0n) is 12.3. The summed E-state index contributed by atoms with van der Waals surface area (Å²) in [4.78, 5) is 0. The zero-order valence-corrected chi connectivity index (χ0v) is 12.3. The lowest BCUT2D eigenvalue weighted by atomic mass is 10.1. The van der Waals surface area contributed by atoms with E-state index in [-0.39, 0.29) is 4.68 Å². The summed E-state index contributed by atoms with van der Waals surface area (Å²) in [6.45, 7) is -0.973. The summed E-state index contributed by atoms with van der Waals surface area (Å²) in [6, 6.07) is 0. The lowest BCUT2D eigenvalue weighted by Crippen LogP contribution is -2.32. The number of alkyl halides is 9. The van der Waals surface area contributed by atoms with Crippen molar-refractivity contribution < 1.29 is 49.4 Å². The van der Waals surface area contributed by atoms with Gasteiger partial charge in [0, 0.05) is 25.6 Å². The van der Waals surface area contributed by atoms with Gasteiger partial charge in [-0.1, -0.05) is 0 Å². The van der Waals surface area contributed by atoms with E-state index in [2.05, 4.69) is 9.84 Å². The predicted octanol–water partition coefficient (Wildman–Crippen LogP) is 3.56. The monoisotopic (exact) mass is 386 g/mol. The fourth-order valence-electron chi connectivity index (χ4n) is 2.57. The molecule has 4 nitrogen and oxygen atoms in total. The molecule has 0 amide bonds. The fraction of sp³-hybridized carbons (Fsp3) is 0.750. The molecule has 1 aliphatic rings. The van der Waals surface area contributed by atoms with E-state index >= 15 is 0 Å². The molecule has 0 saturated heterocycles. The number of hydrogen-bond donors (Lipinski definition) is 1. The van der Waals surface area contributed by atoms with Crippen molar-refractivity contribution in [2.24, 2.45) is 0 Å². The van der Waals surface area contributed by atoms with Crippen LogP contribution >= 0.6 is 0 Å². The van der Waals surface area contributed by atoms with Crippen LogP contribution in [-0.4, -0.2) is 40.2 Å². The fourth-order valence-corrected chi connectivity index (χ4v) is 2.57. The van der Waals surface area contributed by atoms with E-state index < -0.39 is 66.6 Å². The van der Waals surface area contributed by atoms with Gasteiger partial charge in [-0.3, -0.25) is 4.68 Å². The topological polar surface area (TPSA) is 47.3 Å². The van der Waals surface area contributed by atoms with Crippen molar-refractivity contribution in [2.75, 3.05) is 7.11 Å². The highest BCUT2D eigenvalue weighted by Gasteiger charge is 2.61. The van der Waals surface area contributed by atoms with Crippen LogP contribution in [0.25, 0.3) is 0 Å². The van der Waals surface area contributed by atoms with Gasteiger partial charge < -0.3 is 9.84 Å². The Hall–Kier alpha value is -1.50. The van der Waals surface area contributed by atoms with Gasteiger partial charge in [0.15, 0.2) is 11.8 Å². The molecule has 1 heterocycles.